The Hall–Kier alpha value is -0.120. The van der Waals surface area contributed by atoms with Crippen LogP contribution < -0.4 is 5.32 Å². The van der Waals surface area contributed by atoms with Gasteiger partial charge >= 0.3 is 0 Å². The van der Waals surface area contributed by atoms with Crippen molar-refractivity contribution in [1.82, 2.24) is 10.2 Å². The number of β-amino-alcohol motifs (C(OH)–C–C–N with tert-alkyl or cyclic N) is 1. The minimum absolute atomic E-state index is 0.456. The second-order valence-electron chi connectivity index (χ2n) is 5.13. The first-order valence-corrected chi connectivity index (χ1v) is 5.83. The highest BCUT2D eigenvalue weighted by Crippen LogP contribution is 2.22. The number of likely N-dealkylation sites (tertiary alicyclic amines) is 1. The fourth-order valence-corrected chi connectivity index (χ4v) is 2.67. The van der Waals surface area contributed by atoms with Crippen LogP contribution in [0.5, 0.6) is 0 Å². The van der Waals surface area contributed by atoms with Gasteiger partial charge in [0.15, 0.2) is 0 Å². The molecule has 82 valence electrons. The molecule has 2 saturated heterocycles. The Balaban J connectivity index is 1.83. The quantitative estimate of drug-likeness (QED) is 0.676. The first-order valence-electron chi connectivity index (χ1n) is 5.83. The topological polar surface area (TPSA) is 35.5 Å². The van der Waals surface area contributed by atoms with Crippen LogP contribution in [-0.2, 0) is 0 Å². The van der Waals surface area contributed by atoms with Crippen molar-refractivity contribution in [3.05, 3.63) is 0 Å². The lowest BCUT2D eigenvalue weighted by molar-refractivity contribution is -0.0108. The van der Waals surface area contributed by atoms with E-state index in [1.54, 1.807) is 0 Å². The summed E-state index contributed by atoms with van der Waals surface area (Å²) in [6.07, 6.45) is 3.37. The summed E-state index contributed by atoms with van der Waals surface area (Å²) < 4.78 is 0. The Morgan fingerprint density at radius 3 is 3.00 bits per heavy atom. The van der Waals surface area contributed by atoms with Crippen molar-refractivity contribution in [1.29, 1.82) is 0 Å². The molecule has 2 rings (SSSR count). The van der Waals surface area contributed by atoms with E-state index in [1.807, 2.05) is 0 Å². The van der Waals surface area contributed by atoms with Crippen molar-refractivity contribution in [3.63, 3.8) is 0 Å². The third-order valence-corrected chi connectivity index (χ3v) is 3.48. The van der Waals surface area contributed by atoms with Gasteiger partial charge in [0.2, 0.25) is 0 Å². The molecule has 2 fully saturated rings. The van der Waals surface area contributed by atoms with Gasteiger partial charge in [-0.1, -0.05) is 6.92 Å². The lowest BCUT2D eigenvalue weighted by Gasteiger charge is -2.35. The smallest absolute Gasteiger partial charge is 0.0898 e. The molecule has 2 atom stereocenters. The van der Waals surface area contributed by atoms with Crippen molar-refractivity contribution in [3.8, 4) is 0 Å². The van der Waals surface area contributed by atoms with Crippen LogP contribution in [0.25, 0.3) is 0 Å². The van der Waals surface area contributed by atoms with Crippen LogP contribution in [0.2, 0.25) is 0 Å². The molecule has 0 aromatic heterocycles. The second-order valence-corrected chi connectivity index (χ2v) is 5.13. The molecule has 0 amide bonds. The van der Waals surface area contributed by atoms with E-state index in [9.17, 15) is 5.11 Å². The summed E-state index contributed by atoms with van der Waals surface area (Å²) in [4.78, 5) is 2.41. The predicted molar refractivity (Wildman–Crippen MR) is 57.3 cm³/mol. The highest BCUT2D eigenvalue weighted by molar-refractivity contribution is 4.89. The van der Waals surface area contributed by atoms with Crippen LogP contribution >= 0.6 is 0 Å². The molecule has 2 unspecified atom stereocenters. The Labute approximate surface area is 86.5 Å². The van der Waals surface area contributed by atoms with Crippen LogP contribution in [0, 0.1) is 5.92 Å². The van der Waals surface area contributed by atoms with E-state index in [2.05, 4.69) is 17.1 Å². The van der Waals surface area contributed by atoms with Crippen molar-refractivity contribution in [2.45, 2.75) is 31.8 Å². The number of piperidine rings is 1. The minimum Gasteiger partial charge on any atom is -0.387 e. The van der Waals surface area contributed by atoms with Gasteiger partial charge in [0.1, 0.15) is 0 Å². The number of hydrogen-bond donors (Lipinski definition) is 2. The molecule has 3 heteroatoms. The lowest BCUT2D eigenvalue weighted by Crippen LogP contribution is -2.52. The number of hydrogen-bond acceptors (Lipinski definition) is 3. The third kappa shape index (κ3) is 2.47. The molecule has 3 nitrogen and oxygen atoms in total. The summed E-state index contributed by atoms with van der Waals surface area (Å²) in [5.74, 6) is 0.815. The second kappa shape index (κ2) is 4.17. The summed E-state index contributed by atoms with van der Waals surface area (Å²) in [6, 6.07) is 0. The molecule has 14 heavy (non-hydrogen) atoms. The van der Waals surface area contributed by atoms with Gasteiger partial charge in [-0.3, -0.25) is 0 Å². The molecule has 0 aliphatic carbocycles. The van der Waals surface area contributed by atoms with Gasteiger partial charge in [0, 0.05) is 19.6 Å². The average molecular weight is 198 g/mol. The maximum absolute atomic E-state index is 10.3. The Morgan fingerprint density at radius 1 is 1.57 bits per heavy atom. The molecule has 2 aliphatic rings. The van der Waals surface area contributed by atoms with Gasteiger partial charge in [-0.2, -0.15) is 0 Å². The van der Waals surface area contributed by atoms with Gasteiger partial charge in [-0.25, -0.2) is 0 Å². The molecule has 0 aromatic carbocycles. The van der Waals surface area contributed by atoms with E-state index in [0.29, 0.717) is 0 Å². The van der Waals surface area contributed by atoms with E-state index in [4.69, 9.17) is 0 Å². The lowest BCUT2D eigenvalue weighted by atomic mass is 9.94. The summed E-state index contributed by atoms with van der Waals surface area (Å²) in [5.41, 5.74) is -0.456. The zero-order valence-corrected chi connectivity index (χ0v) is 9.13. The van der Waals surface area contributed by atoms with Gasteiger partial charge in [0.25, 0.3) is 0 Å². The monoisotopic (exact) mass is 198 g/mol. The maximum Gasteiger partial charge on any atom is 0.0898 e. The summed E-state index contributed by atoms with van der Waals surface area (Å²) in [5, 5.41) is 13.6. The van der Waals surface area contributed by atoms with Crippen molar-refractivity contribution >= 4 is 0 Å². The summed E-state index contributed by atoms with van der Waals surface area (Å²) in [7, 11) is 0. The molecule has 0 aromatic rings. The largest absolute Gasteiger partial charge is 0.387 e. The normalized spacial score (nSPS) is 40.3. The summed E-state index contributed by atoms with van der Waals surface area (Å²) in [6.45, 7) is 7.34. The molecule has 2 N–H and O–H groups in total. The van der Waals surface area contributed by atoms with E-state index < -0.39 is 5.60 Å². The molecular weight excluding hydrogens is 176 g/mol. The Morgan fingerprint density at radius 2 is 2.43 bits per heavy atom. The first-order chi connectivity index (χ1) is 6.68. The number of aliphatic hydroxyl groups is 1. The fourth-order valence-electron chi connectivity index (χ4n) is 2.67. The number of nitrogens with zero attached hydrogens (tertiary/aromatic N) is 1. The van der Waals surface area contributed by atoms with Crippen LogP contribution in [-0.4, -0.2) is 48.3 Å². The first kappa shape index (κ1) is 10.4. The van der Waals surface area contributed by atoms with E-state index >= 15 is 0 Å². The van der Waals surface area contributed by atoms with Gasteiger partial charge in [-0.15, -0.1) is 0 Å². The predicted octanol–water partition coefficient (Wildman–Crippen LogP) is 0.443. The fraction of sp³-hybridized carbons (Fsp3) is 1.00. The van der Waals surface area contributed by atoms with Gasteiger partial charge < -0.3 is 15.3 Å². The molecule has 0 saturated carbocycles. The molecule has 2 aliphatic heterocycles. The van der Waals surface area contributed by atoms with Crippen molar-refractivity contribution in [2.24, 2.45) is 5.92 Å². The highest BCUT2D eigenvalue weighted by Gasteiger charge is 2.33. The van der Waals surface area contributed by atoms with Crippen LogP contribution in [0.4, 0.5) is 0 Å². The average Bonchev–Trinajstić information content (AvgIpc) is 2.51. The summed E-state index contributed by atoms with van der Waals surface area (Å²) >= 11 is 0. The van der Waals surface area contributed by atoms with Gasteiger partial charge in [0.05, 0.1) is 5.60 Å². The van der Waals surface area contributed by atoms with E-state index in [1.165, 1.54) is 19.5 Å². The molecule has 2 heterocycles. The number of rotatable bonds is 2. The molecular formula is C11H22N2O. The molecule has 0 radical (unpaired) electrons. The van der Waals surface area contributed by atoms with E-state index in [-0.39, 0.29) is 0 Å². The standard InChI is InChI=1S/C11H22N2O/c1-10-3-6-13(7-10)9-11(14)4-2-5-12-8-11/h10,12,14H,2-9H2,1H3. The highest BCUT2D eigenvalue weighted by atomic mass is 16.3. The van der Waals surface area contributed by atoms with Crippen LogP contribution in [0.15, 0.2) is 0 Å². The van der Waals surface area contributed by atoms with Crippen LogP contribution in [0.3, 0.4) is 0 Å². The van der Waals surface area contributed by atoms with Gasteiger partial charge in [-0.05, 0) is 38.3 Å². The Kier molecular flexibility index (Phi) is 3.10. The number of nitrogens with one attached hydrogen (secondary N) is 1. The molecule has 0 bridgehead atoms. The van der Waals surface area contributed by atoms with E-state index in [0.717, 1.165) is 38.4 Å². The van der Waals surface area contributed by atoms with Crippen molar-refractivity contribution < 1.29 is 5.11 Å². The molecule has 0 spiro atoms. The zero-order valence-electron chi connectivity index (χ0n) is 9.13. The SMILES string of the molecule is CC1CCN(CC2(O)CCCNC2)C1. The maximum atomic E-state index is 10.3. The van der Waals surface area contributed by atoms with Crippen LogP contribution in [0.1, 0.15) is 26.2 Å². The Bertz CT molecular complexity index is 190. The third-order valence-electron chi connectivity index (χ3n) is 3.48. The van der Waals surface area contributed by atoms with Crippen molar-refractivity contribution in [2.75, 3.05) is 32.7 Å². The zero-order chi connectivity index (χ0) is 10.0. The minimum atomic E-state index is -0.456.